The third-order valence-electron chi connectivity index (χ3n) is 5.31. The van der Waals surface area contributed by atoms with Crippen molar-refractivity contribution in [2.45, 2.75) is 25.8 Å². The maximum atomic E-state index is 5.72. The number of hydrogen-bond acceptors (Lipinski definition) is 11. The molecule has 0 unspecified atom stereocenters. The Hall–Kier alpha value is -3.51. The molecule has 0 aliphatic carbocycles. The molecule has 0 bridgehead atoms. The van der Waals surface area contributed by atoms with E-state index in [1.54, 1.807) is 13.3 Å². The van der Waals surface area contributed by atoms with Crippen molar-refractivity contribution in [3.63, 3.8) is 0 Å². The summed E-state index contributed by atoms with van der Waals surface area (Å²) < 4.78 is 10.9. The summed E-state index contributed by atoms with van der Waals surface area (Å²) in [6, 6.07) is 5.76. The molecular weight excluding hydrogens is 442 g/mol. The highest BCUT2D eigenvalue weighted by molar-refractivity contribution is 7.13. The van der Waals surface area contributed by atoms with Crippen molar-refractivity contribution in [2.24, 2.45) is 0 Å². The summed E-state index contributed by atoms with van der Waals surface area (Å²) in [7, 11) is 1.67. The molecule has 0 aromatic carbocycles. The Morgan fingerprint density at radius 2 is 2.15 bits per heavy atom. The highest BCUT2D eigenvalue weighted by Crippen LogP contribution is 2.37. The van der Waals surface area contributed by atoms with Gasteiger partial charge in [-0.1, -0.05) is 5.16 Å². The third-order valence-corrected chi connectivity index (χ3v) is 6.10. The summed E-state index contributed by atoms with van der Waals surface area (Å²) in [5, 5.41) is 20.8. The highest BCUT2D eigenvalue weighted by atomic mass is 32.1. The van der Waals surface area contributed by atoms with Crippen LogP contribution in [0.4, 0.5) is 23.4 Å². The minimum absolute atomic E-state index is 0.000848. The van der Waals surface area contributed by atoms with E-state index in [4.69, 9.17) is 19.2 Å². The number of H-pyrrole nitrogens is 1. The molecule has 33 heavy (non-hydrogen) atoms. The van der Waals surface area contributed by atoms with Gasteiger partial charge in [-0.15, -0.1) is 11.3 Å². The van der Waals surface area contributed by atoms with E-state index < -0.39 is 0 Å². The van der Waals surface area contributed by atoms with Gasteiger partial charge in [0, 0.05) is 55.7 Å². The van der Waals surface area contributed by atoms with E-state index >= 15 is 0 Å². The fourth-order valence-corrected chi connectivity index (χ4v) is 4.40. The van der Waals surface area contributed by atoms with E-state index in [0.29, 0.717) is 36.6 Å². The second kappa shape index (κ2) is 9.55. The number of rotatable bonds is 9. The lowest BCUT2D eigenvalue weighted by Gasteiger charge is -2.23. The van der Waals surface area contributed by atoms with Crippen molar-refractivity contribution >= 4 is 34.7 Å². The zero-order valence-corrected chi connectivity index (χ0v) is 19.2. The maximum Gasteiger partial charge on any atom is 0.229 e. The summed E-state index contributed by atoms with van der Waals surface area (Å²) in [4.78, 5) is 16.0. The Labute approximate surface area is 194 Å². The molecule has 0 amide bonds. The Morgan fingerprint density at radius 1 is 1.24 bits per heavy atom. The first-order valence-corrected chi connectivity index (χ1v) is 11.6. The monoisotopic (exact) mass is 467 g/mol. The number of thiazole rings is 1. The number of aromatic nitrogens is 6. The molecule has 4 aromatic rings. The molecule has 5 heterocycles. The molecule has 172 valence electrons. The Bertz CT molecular complexity index is 1190. The van der Waals surface area contributed by atoms with Crippen molar-refractivity contribution in [2.75, 3.05) is 42.3 Å². The van der Waals surface area contributed by atoms with E-state index in [1.807, 2.05) is 30.5 Å². The lowest BCUT2D eigenvalue weighted by molar-refractivity contribution is 0.210. The van der Waals surface area contributed by atoms with E-state index in [1.165, 1.54) is 11.3 Å². The van der Waals surface area contributed by atoms with Crippen LogP contribution in [0.1, 0.15) is 30.3 Å². The van der Waals surface area contributed by atoms with Gasteiger partial charge in [-0.2, -0.15) is 15.1 Å². The second-order valence-electron chi connectivity index (χ2n) is 7.72. The predicted molar refractivity (Wildman–Crippen MR) is 126 cm³/mol. The smallest absolute Gasteiger partial charge is 0.229 e. The van der Waals surface area contributed by atoms with Crippen LogP contribution in [0.2, 0.25) is 0 Å². The predicted octanol–water partition coefficient (Wildman–Crippen LogP) is 3.76. The van der Waals surface area contributed by atoms with Crippen LogP contribution >= 0.6 is 11.3 Å². The van der Waals surface area contributed by atoms with Crippen molar-refractivity contribution in [3.05, 3.63) is 41.2 Å². The number of hydrogen-bond donors (Lipinski definition) is 3. The average molecular weight is 468 g/mol. The highest BCUT2D eigenvalue weighted by Gasteiger charge is 2.32. The molecule has 4 aromatic heterocycles. The first kappa shape index (κ1) is 21.3. The Balaban J connectivity index is 1.43. The maximum absolute atomic E-state index is 5.72. The first-order valence-electron chi connectivity index (χ1n) is 10.7. The van der Waals surface area contributed by atoms with Gasteiger partial charge in [0.25, 0.3) is 0 Å². The topological polar surface area (TPSA) is 130 Å². The van der Waals surface area contributed by atoms with Crippen LogP contribution in [0.3, 0.4) is 0 Å². The van der Waals surface area contributed by atoms with Gasteiger partial charge in [-0.05, 0) is 19.8 Å². The zero-order valence-electron chi connectivity index (χ0n) is 18.4. The molecule has 11 nitrogen and oxygen atoms in total. The molecule has 1 atom stereocenters. The van der Waals surface area contributed by atoms with Gasteiger partial charge in [0.15, 0.2) is 11.6 Å². The van der Waals surface area contributed by atoms with Gasteiger partial charge < -0.3 is 24.8 Å². The molecule has 12 heteroatoms. The third kappa shape index (κ3) is 4.81. The van der Waals surface area contributed by atoms with Crippen LogP contribution in [0.15, 0.2) is 34.3 Å². The lowest BCUT2D eigenvalue weighted by Crippen LogP contribution is -2.25. The molecule has 1 fully saturated rings. The van der Waals surface area contributed by atoms with Crippen molar-refractivity contribution < 1.29 is 9.26 Å². The fraction of sp³-hybridized carbons (Fsp3) is 0.381. The normalized spacial score (nSPS) is 15.8. The second-order valence-corrected chi connectivity index (χ2v) is 8.62. The summed E-state index contributed by atoms with van der Waals surface area (Å²) in [5.41, 5.74) is 1.71. The van der Waals surface area contributed by atoms with E-state index in [-0.39, 0.29) is 6.04 Å². The molecule has 1 aliphatic heterocycles. The number of nitrogens with one attached hydrogen (secondary N) is 3. The van der Waals surface area contributed by atoms with Crippen LogP contribution in [0, 0.1) is 6.92 Å². The number of methoxy groups -OCH3 is 1. The minimum Gasteiger partial charge on any atom is -0.383 e. The van der Waals surface area contributed by atoms with Gasteiger partial charge in [0.1, 0.15) is 22.3 Å². The number of aryl methyl sites for hydroxylation is 1. The van der Waals surface area contributed by atoms with Crippen LogP contribution < -0.4 is 15.5 Å². The largest absolute Gasteiger partial charge is 0.383 e. The van der Waals surface area contributed by atoms with Crippen LogP contribution in [-0.4, -0.2) is 57.1 Å². The molecular formula is C21H25N9O2S. The Kier molecular flexibility index (Phi) is 6.17. The van der Waals surface area contributed by atoms with E-state index in [0.717, 1.165) is 41.5 Å². The summed E-state index contributed by atoms with van der Waals surface area (Å²) in [6.45, 7) is 3.98. The molecule has 1 aliphatic rings. The van der Waals surface area contributed by atoms with Crippen molar-refractivity contribution in [1.82, 2.24) is 30.3 Å². The standard InChI is InChI=1S/C21H25N9O2S/c1-13-10-19(28-27-13)24-18-12-17(22-5-8-31-2)25-21(26-18)30-7-3-4-15(30)16-11-14(29-32-16)20-23-6-9-33-20/h6,9-12,15H,3-5,7-8H2,1-2H3,(H3,22,24,25,26,27,28)/t15-/m0/s1. The zero-order chi connectivity index (χ0) is 22.6. The number of anilines is 4. The average Bonchev–Trinajstić information content (AvgIpc) is 3.60. The summed E-state index contributed by atoms with van der Waals surface area (Å²) in [6.07, 6.45) is 3.70. The Morgan fingerprint density at radius 3 is 2.94 bits per heavy atom. The van der Waals surface area contributed by atoms with Crippen molar-refractivity contribution in [1.29, 1.82) is 0 Å². The molecule has 3 N–H and O–H groups in total. The van der Waals surface area contributed by atoms with Gasteiger partial charge in [0.05, 0.1) is 12.6 Å². The number of nitrogens with zero attached hydrogens (tertiary/aromatic N) is 6. The molecule has 1 saturated heterocycles. The molecule has 0 radical (unpaired) electrons. The fourth-order valence-electron chi connectivity index (χ4n) is 3.81. The quantitative estimate of drug-likeness (QED) is 0.313. The van der Waals surface area contributed by atoms with Gasteiger partial charge in [0.2, 0.25) is 5.95 Å². The summed E-state index contributed by atoms with van der Waals surface area (Å²) >= 11 is 1.54. The lowest BCUT2D eigenvalue weighted by atomic mass is 10.1. The molecule has 0 spiro atoms. The molecule has 0 saturated carbocycles. The summed E-state index contributed by atoms with van der Waals surface area (Å²) in [5.74, 6) is 3.45. The van der Waals surface area contributed by atoms with Crippen LogP contribution in [-0.2, 0) is 4.74 Å². The number of aromatic amines is 1. The molecule has 5 rings (SSSR count). The first-order chi connectivity index (χ1) is 16.2. The van der Waals surface area contributed by atoms with Crippen LogP contribution in [0.25, 0.3) is 10.7 Å². The van der Waals surface area contributed by atoms with Crippen molar-refractivity contribution in [3.8, 4) is 10.7 Å². The number of ether oxygens (including phenoxy) is 1. The van der Waals surface area contributed by atoms with Gasteiger partial charge >= 0.3 is 0 Å². The van der Waals surface area contributed by atoms with Gasteiger partial charge in [-0.25, -0.2) is 4.98 Å². The van der Waals surface area contributed by atoms with E-state index in [2.05, 4.69) is 35.9 Å². The van der Waals surface area contributed by atoms with E-state index in [9.17, 15) is 0 Å². The SMILES string of the molecule is COCCNc1cc(Nc2cc(C)[nH]n2)nc(N2CCC[C@H]2c2cc(-c3nccs3)no2)n1. The van der Waals surface area contributed by atoms with Crippen LogP contribution in [0.5, 0.6) is 0 Å². The van der Waals surface area contributed by atoms with Gasteiger partial charge in [-0.3, -0.25) is 5.10 Å². The minimum atomic E-state index is 0.000848.